The van der Waals surface area contributed by atoms with E-state index in [1.807, 2.05) is 6.08 Å². The van der Waals surface area contributed by atoms with Gasteiger partial charge in [-0.05, 0) is 60.6 Å². The molecule has 0 radical (unpaired) electrons. The van der Waals surface area contributed by atoms with Gasteiger partial charge in [-0.2, -0.15) is 0 Å². The predicted octanol–water partition coefficient (Wildman–Crippen LogP) is 4.43. The third-order valence-electron chi connectivity index (χ3n) is 5.66. The van der Waals surface area contributed by atoms with E-state index < -0.39 is 5.60 Å². The van der Waals surface area contributed by atoms with Crippen molar-refractivity contribution < 1.29 is 19.4 Å². The molecule has 5 nitrogen and oxygen atoms in total. The maximum atomic E-state index is 11.7. The monoisotopic (exact) mass is 385 g/mol. The maximum Gasteiger partial charge on any atom is 0.330 e. The second kappa shape index (κ2) is 8.50. The third-order valence-corrected chi connectivity index (χ3v) is 5.66. The van der Waals surface area contributed by atoms with Gasteiger partial charge in [-0.1, -0.05) is 20.8 Å². The normalized spacial score (nSPS) is 19.5. The fourth-order valence-electron chi connectivity index (χ4n) is 4.21. The summed E-state index contributed by atoms with van der Waals surface area (Å²) in [7, 11) is 0. The summed E-state index contributed by atoms with van der Waals surface area (Å²) in [6.07, 6.45) is 5.53. The first-order chi connectivity index (χ1) is 13.5. The highest BCUT2D eigenvalue weighted by molar-refractivity contribution is 5.92. The van der Waals surface area contributed by atoms with Crippen LogP contribution in [-0.2, 0) is 26.3 Å². The van der Waals surface area contributed by atoms with Crippen molar-refractivity contribution >= 4 is 22.9 Å². The predicted molar refractivity (Wildman–Crippen MR) is 111 cm³/mol. The third kappa shape index (κ3) is 3.74. The zero-order valence-corrected chi connectivity index (χ0v) is 17.3. The number of carbonyl (C=O) groups is 1. The molecule has 0 saturated heterocycles. The first-order valence-electron chi connectivity index (χ1n) is 10.2. The Labute approximate surface area is 166 Å². The highest BCUT2D eigenvalue weighted by Gasteiger charge is 2.38. The van der Waals surface area contributed by atoms with Gasteiger partial charge in [0, 0.05) is 30.0 Å². The molecule has 0 spiro atoms. The highest BCUT2D eigenvalue weighted by atomic mass is 16.5. The van der Waals surface area contributed by atoms with Gasteiger partial charge in [0.15, 0.2) is 0 Å². The molecular weight excluding hydrogens is 354 g/mol. The van der Waals surface area contributed by atoms with Crippen LogP contribution >= 0.6 is 0 Å². The lowest BCUT2D eigenvalue weighted by molar-refractivity contribution is -0.137. The fraction of sp³-hybridized carbons (Fsp3) is 0.522. The summed E-state index contributed by atoms with van der Waals surface area (Å²) in [5.41, 5.74) is 5.24. The molecule has 1 atom stereocenters. The minimum absolute atomic E-state index is 0.0905. The molecule has 0 fully saturated rings. The molecule has 1 aliphatic heterocycles. The van der Waals surface area contributed by atoms with Crippen LogP contribution < -0.4 is 0 Å². The lowest BCUT2D eigenvalue weighted by Crippen LogP contribution is -2.36. The molecule has 28 heavy (non-hydrogen) atoms. The molecule has 2 aromatic rings. The molecule has 2 heterocycles. The van der Waals surface area contributed by atoms with Gasteiger partial charge in [-0.15, -0.1) is 0 Å². The van der Waals surface area contributed by atoms with Gasteiger partial charge in [-0.25, -0.2) is 4.79 Å². The SMILES string of the molecule is CCOC(=O)C=Cc1cc(C(C)C)c2[nH]c3c(c2c1)CCOC3(CC)CCO. The van der Waals surface area contributed by atoms with Crippen LogP contribution in [0.15, 0.2) is 18.2 Å². The van der Waals surface area contributed by atoms with E-state index in [9.17, 15) is 9.90 Å². The number of aliphatic hydroxyl groups is 1. The summed E-state index contributed by atoms with van der Waals surface area (Å²) in [5.74, 6) is -0.000491. The number of aromatic nitrogens is 1. The number of ether oxygens (including phenoxy) is 2. The van der Waals surface area contributed by atoms with Crippen molar-refractivity contribution in [3.05, 3.63) is 40.6 Å². The zero-order chi connectivity index (χ0) is 20.3. The summed E-state index contributed by atoms with van der Waals surface area (Å²) in [4.78, 5) is 15.4. The largest absolute Gasteiger partial charge is 0.463 e. The molecule has 5 heteroatoms. The summed E-state index contributed by atoms with van der Waals surface area (Å²) in [6.45, 7) is 9.35. The van der Waals surface area contributed by atoms with Crippen LogP contribution in [0.25, 0.3) is 17.0 Å². The lowest BCUT2D eigenvalue weighted by Gasteiger charge is -2.36. The van der Waals surface area contributed by atoms with Gasteiger partial charge in [-0.3, -0.25) is 0 Å². The van der Waals surface area contributed by atoms with E-state index in [0.29, 0.717) is 25.6 Å². The molecule has 0 bridgehead atoms. The number of H-pyrrole nitrogens is 1. The highest BCUT2D eigenvalue weighted by Crippen LogP contribution is 2.43. The Bertz CT molecular complexity index is 880. The minimum Gasteiger partial charge on any atom is -0.463 e. The van der Waals surface area contributed by atoms with Gasteiger partial charge in [0.25, 0.3) is 0 Å². The van der Waals surface area contributed by atoms with Gasteiger partial charge in [0.05, 0.1) is 18.9 Å². The van der Waals surface area contributed by atoms with Crippen LogP contribution in [0.2, 0.25) is 0 Å². The van der Waals surface area contributed by atoms with Crippen molar-refractivity contribution in [1.82, 2.24) is 4.98 Å². The van der Waals surface area contributed by atoms with E-state index in [1.54, 1.807) is 6.92 Å². The maximum absolute atomic E-state index is 11.7. The van der Waals surface area contributed by atoms with E-state index in [4.69, 9.17) is 9.47 Å². The Morgan fingerprint density at radius 2 is 2.18 bits per heavy atom. The molecule has 1 aromatic heterocycles. The Morgan fingerprint density at radius 1 is 1.39 bits per heavy atom. The lowest BCUT2D eigenvalue weighted by atomic mass is 9.86. The Morgan fingerprint density at radius 3 is 2.82 bits per heavy atom. The van der Waals surface area contributed by atoms with Crippen LogP contribution in [-0.4, -0.2) is 35.9 Å². The van der Waals surface area contributed by atoms with Crippen LogP contribution in [0.5, 0.6) is 0 Å². The molecule has 1 aliphatic rings. The molecule has 0 saturated carbocycles. The van der Waals surface area contributed by atoms with Gasteiger partial charge < -0.3 is 19.6 Å². The number of aromatic amines is 1. The van der Waals surface area contributed by atoms with Crippen LogP contribution in [0.3, 0.4) is 0 Å². The van der Waals surface area contributed by atoms with E-state index in [0.717, 1.165) is 29.6 Å². The Kier molecular flexibility index (Phi) is 6.26. The van der Waals surface area contributed by atoms with E-state index in [2.05, 4.69) is 37.9 Å². The molecule has 1 unspecified atom stereocenters. The van der Waals surface area contributed by atoms with Crippen LogP contribution in [0.1, 0.15) is 68.8 Å². The van der Waals surface area contributed by atoms with E-state index in [-0.39, 0.29) is 12.6 Å². The number of benzene rings is 1. The number of rotatable bonds is 7. The number of aliphatic hydroxyl groups excluding tert-OH is 1. The molecule has 1 aromatic carbocycles. The van der Waals surface area contributed by atoms with E-state index in [1.165, 1.54) is 22.6 Å². The molecule has 2 N–H and O–H groups in total. The Balaban J connectivity index is 2.16. The number of hydrogen-bond acceptors (Lipinski definition) is 4. The van der Waals surface area contributed by atoms with Crippen LogP contribution in [0.4, 0.5) is 0 Å². The quantitative estimate of drug-likeness (QED) is 0.546. The minimum atomic E-state index is -0.462. The molecule has 152 valence electrons. The first kappa shape index (κ1) is 20.6. The number of hydrogen-bond donors (Lipinski definition) is 2. The van der Waals surface area contributed by atoms with Crippen molar-refractivity contribution in [2.24, 2.45) is 0 Å². The molecule has 0 aliphatic carbocycles. The van der Waals surface area contributed by atoms with Gasteiger partial charge in [0.1, 0.15) is 5.60 Å². The number of carbonyl (C=O) groups excluding carboxylic acids is 1. The van der Waals surface area contributed by atoms with Crippen molar-refractivity contribution in [2.45, 2.75) is 58.5 Å². The van der Waals surface area contributed by atoms with Gasteiger partial charge >= 0.3 is 5.97 Å². The van der Waals surface area contributed by atoms with Crippen molar-refractivity contribution in [2.75, 3.05) is 19.8 Å². The summed E-state index contributed by atoms with van der Waals surface area (Å²) >= 11 is 0. The van der Waals surface area contributed by atoms with Gasteiger partial charge in [0.2, 0.25) is 0 Å². The van der Waals surface area contributed by atoms with Crippen molar-refractivity contribution in [3.63, 3.8) is 0 Å². The van der Waals surface area contributed by atoms with Crippen LogP contribution in [0, 0.1) is 0 Å². The topological polar surface area (TPSA) is 71.6 Å². The standard InChI is InChI=1S/C23H31NO4/c1-5-23(10-11-25)22-17(9-12-28-23)19-14-16(7-8-20(26)27-6-2)13-18(15(3)4)21(19)24-22/h7-8,13-15,24-25H,5-6,9-12H2,1-4H3. The molecule has 3 rings (SSSR count). The number of esters is 1. The number of fused-ring (bicyclic) bond motifs is 3. The summed E-state index contributed by atoms with van der Waals surface area (Å²) < 4.78 is 11.2. The fourth-order valence-corrected chi connectivity index (χ4v) is 4.21. The second-order valence-corrected chi connectivity index (χ2v) is 7.67. The smallest absolute Gasteiger partial charge is 0.330 e. The average molecular weight is 386 g/mol. The summed E-state index contributed by atoms with van der Waals surface area (Å²) in [5, 5.41) is 10.8. The number of nitrogens with one attached hydrogen (secondary N) is 1. The summed E-state index contributed by atoms with van der Waals surface area (Å²) in [6, 6.07) is 4.27. The molecular formula is C23H31NO4. The van der Waals surface area contributed by atoms with Crippen molar-refractivity contribution in [3.8, 4) is 0 Å². The average Bonchev–Trinajstić information content (AvgIpc) is 3.06. The first-order valence-corrected chi connectivity index (χ1v) is 10.2. The van der Waals surface area contributed by atoms with E-state index >= 15 is 0 Å². The van der Waals surface area contributed by atoms with Crippen molar-refractivity contribution in [1.29, 1.82) is 0 Å². The molecule has 0 amide bonds. The second-order valence-electron chi connectivity index (χ2n) is 7.67. The Hall–Kier alpha value is -2.11. The zero-order valence-electron chi connectivity index (χ0n) is 17.3.